The fourth-order valence-corrected chi connectivity index (χ4v) is 2.65. The highest BCUT2D eigenvalue weighted by atomic mass is 16.5. The summed E-state index contributed by atoms with van der Waals surface area (Å²) in [6.45, 7) is 4.25. The molecule has 0 unspecified atom stereocenters. The molecule has 6 heteroatoms. The third kappa shape index (κ3) is 2.85. The van der Waals surface area contributed by atoms with Gasteiger partial charge in [0.15, 0.2) is 0 Å². The number of aromatic nitrogens is 3. The Morgan fingerprint density at radius 2 is 2.42 bits per heavy atom. The molecule has 2 N–H and O–H groups in total. The summed E-state index contributed by atoms with van der Waals surface area (Å²) >= 11 is 0. The molecule has 3 rings (SSSR count). The number of aliphatic hydroxyl groups is 1. The van der Waals surface area contributed by atoms with Gasteiger partial charge in [-0.25, -0.2) is 4.98 Å². The number of hydrogen-bond acceptors (Lipinski definition) is 5. The molecule has 0 amide bonds. The van der Waals surface area contributed by atoms with Gasteiger partial charge in [0, 0.05) is 49.9 Å². The molecule has 0 aliphatic carbocycles. The van der Waals surface area contributed by atoms with E-state index < -0.39 is 0 Å². The zero-order valence-corrected chi connectivity index (χ0v) is 10.9. The fourth-order valence-electron chi connectivity index (χ4n) is 2.65. The summed E-state index contributed by atoms with van der Waals surface area (Å²) in [5.41, 5.74) is 1.96. The van der Waals surface area contributed by atoms with Gasteiger partial charge in [-0.1, -0.05) is 5.16 Å². The van der Waals surface area contributed by atoms with Crippen LogP contribution in [0, 0.1) is 12.8 Å². The van der Waals surface area contributed by atoms with Crippen LogP contribution in [0.2, 0.25) is 0 Å². The average molecular weight is 262 g/mol. The van der Waals surface area contributed by atoms with Crippen LogP contribution in [-0.2, 0) is 13.0 Å². The van der Waals surface area contributed by atoms with Crippen molar-refractivity contribution in [1.82, 2.24) is 20.0 Å². The summed E-state index contributed by atoms with van der Waals surface area (Å²) in [7, 11) is 0. The Kier molecular flexibility index (Phi) is 3.35. The Morgan fingerprint density at radius 3 is 3.11 bits per heavy atom. The number of aryl methyl sites for hydroxylation is 1. The van der Waals surface area contributed by atoms with E-state index in [4.69, 9.17) is 4.52 Å². The molecule has 1 aliphatic heterocycles. The van der Waals surface area contributed by atoms with Crippen molar-refractivity contribution in [3.05, 3.63) is 35.7 Å². The van der Waals surface area contributed by atoms with Gasteiger partial charge < -0.3 is 14.6 Å². The summed E-state index contributed by atoms with van der Waals surface area (Å²) in [5, 5.41) is 14.0. The number of rotatable bonds is 4. The molecule has 0 spiro atoms. The molecule has 0 aromatic carbocycles. The predicted molar refractivity (Wildman–Crippen MR) is 68.3 cm³/mol. The topological polar surface area (TPSA) is 78.2 Å². The van der Waals surface area contributed by atoms with E-state index in [9.17, 15) is 5.11 Å². The van der Waals surface area contributed by atoms with Crippen LogP contribution in [-0.4, -0.2) is 44.3 Å². The number of hydrogen-bond donors (Lipinski definition) is 2. The van der Waals surface area contributed by atoms with Gasteiger partial charge in [-0.2, -0.15) is 0 Å². The standard InChI is InChI=1S/C13H18N4O2/c1-9-2-12(19-16-9)3-10-5-17(7-13(10)18)6-11-4-14-8-15-11/h2,4,8,10,13,18H,3,5-7H2,1H3,(H,14,15)/t10-,13-/m1/s1. The molecule has 2 atom stereocenters. The second-order valence-corrected chi connectivity index (χ2v) is 5.24. The monoisotopic (exact) mass is 262 g/mol. The first-order chi connectivity index (χ1) is 9.20. The molecular formula is C13H18N4O2. The summed E-state index contributed by atoms with van der Waals surface area (Å²) in [6, 6.07) is 1.93. The van der Waals surface area contributed by atoms with Gasteiger partial charge >= 0.3 is 0 Å². The average Bonchev–Trinajstić information content (AvgIpc) is 3.06. The fraction of sp³-hybridized carbons (Fsp3) is 0.538. The molecule has 102 valence electrons. The van der Waals surface area contributed by atoms with E-state index in [0.717, 1.165) is 36.7 Å². The van der Waals surface area contributed by atoms with Gasteiger partial charge in [-0.15, -0.1) is 0 Å². The molecule has 6 nitrogen and oxygen atoms in total. The maximum atomic E-state index is 10.1. The van der Waals surface area contributed by atoms with Crippen LogP contribution in [0.3, 0.4) is 0 Å². The first kappa shape index (κ1) is 12.4. The van der Waals surface area contributed by atoms with Crippen LogP contribution in [0.5, 0.6) is 0 Å². The summed E-state index contributed by atoms with van der Waals surface area (Å²) < 4.78 is 5.22. The van der Waals surface area contributed by atoms with Crippen molar-refractivity contribution in [2.24, 2.45) is 5.92 Å². The number of imidazole rings is 1. The minimum absolute atomic E-state index is 0.204. The highest BCUT2D eigenvalue weighted by molar-refractivity contribution is 5.06. The van der Waals surface area contributed by atoms with Crippen LogP contribution < -0.4 is 0 Å². The van der Waals surface area contributed by atoms with E-state index in [1.165, 1.54) is 0 Å². The normalized spacial score (nSPS) is 24.1. The number of likely N-dealkylation sites (tertiary alicyclic amines) is 1. The van der Waals surface area contributed by atoms with E-state index in [-0.39, 0.29) is 12.0 Å². The van der Waals surface area contributed by atoms with Crippen molar-refractivity contribution in [1.29, 1.82) is 0 Å². The van der Waals surface area contributed by atoms with E-state index in [1.807, 2.05) is 19.2 Å². The van der Waals surface area contributed by atoms with E-state index >= 15 is 0 Å². The van der Waals surface area contributed by atoms with Crippen LogP contribution in [0.15, 0.2) is 23.1 Å². The molecule has 0 bridgehead atoms. The van der Waals surface area contributed by atoms with E-state index in [2.05, 4.69) is 20.0 Å². The number of H-pyrrole nitrogens is 1. The molecule has 0 radical (unpaired) electrons. The molecular weight excluding hydrogens is 244 g/mol. The largest absolute Gasteiger partial charge is 0.391 e. The SMILES string of the molecule is Cc1cc(C[C@@H]2CN(Cc3cnc[nH]3)C[C@H]2O)on1. The summed E-state index contributed by atoms with van der Waals surface area (Å²) in [6.07, 6.45) is 3.92. The van der Waals surface area contributed by atoms with Gasteiger partial charge in [0.25, 0.3) is 0 Å². The second kappa shape index (κ2) is 5.14. The van der Waals surface area contributed by atoms with Gasteiger partial charge in [-0.3, -0.25) is 4.90 Å². The Hall–Kier alpha value is -1.66. The van der Waals surface area contributed by atoms with Crippen molar-refractivity contribution in [2.75, 3.05) is 13.1 Å². The van der Waals surface area contributed by atoms with Gasteiger partial charge in [0.1, 0.15) is 5.76 Å². The van der Waals surface area contributed by atoms with Crippen molar-refractivity contribution in [3.63, 3.8) is 0 Å². The molecule has 3 heterocycles. The minimum Gasteiger partial charge on any atom is -0.391 e. The zero-order valence-electron chi connectivity index (χ0n) is 10.9. The lowest BCUT2D eigenvalue weighted by atomic mass is 10.0. The molecule has 2 aromatic heterocycles. The van der Waals surface area contributed by atoms with Crippen LogP contribution in [0.25, 0.3) is 0 Å². The molecule has 0 saturated carbocycles. The lowest BCUT2D eigenvalue weighted by Crippen LogP contribution is -2.21. The summed E-state index contributed by atoms with van der Waals surface area (Å²) in [4.78, 5) is 9.32. The summed E-state index contributed by atoms with van der Waals surface area (Å²) in [5.74, 6) is 1.06. The van der Waals surface area contributed by atoms with Gasteiger partial charge in [0.2, 0.25) is 0 Å². The molecule has 1 fully saturated rings. The maximum absolute atomic E-state index is 10.1. The third-order valence-corrected chi connectivity index (χ3v) is 3.57. The first-order valence-electron chi connectivity index (χ1n) is 6.50. The van der Waals surface area contributed by atoms with Crippen molar-refractivity contribution >= 4 is 0 Å². The van der Waals surface area contributed by atoms with Crippen LogP contribution in [0.1, 0.15) is 17.1 Å². The first-order valence-corrected chi connectivity index (χ1v) is 6.50. The van der Waals surface area contributed by atoms with E-state index in [0.29, 0.717) is 6.54 Å². The van der Waals surface area contributed by atoms with Gasteiger partial charge in [-0.05, 0) is 6.92 Å². The Bertz CT molecular complexity index is 522. The number of nitrogens with zero attached hydrogens (tertiary/aromatic N) is 3. The molecule has 2 aromatic rings. The number of aliphatic hydroxyl groups excluding tert-OH is 1. The lowest BCUT2D eigenvalue weighted by Gasteiger charge is -2.13. The van der Waals surface area contributed by atoms with Crippen LogP contribution in [0.4, 0.5) is 0 Å². The van der Waals surface area contributed by atoms with Crippen molar-refractivity contribution in [2.45, 2.75) is 26.0 Å². The predicted octanol–water partition coefficient (Wildman–Crippen LogP) is 0.742. The Morgan fingerprint density at radius 1 is 1.53 bits per heavy atom. The second-order valence-electron chi connectivity index (χ2n) is 5.24. The van der Waals surface area contributed by atoms with Crippen molar-refractivity contribution in [3.8, 4) is 0 Å². The maximum Gasteiger partial charge on any atom is 0.137 e. The number of β-amino-alcohol motifs (C(OH)–C–C–N with tert-alkyl or cyclic N) is 1. The molecule has 1 aliphatic rings. The van der Waals surface area contributed by atoms with E-state index in [1.54, 1.807) is 6.33 Å². The molecule has 1 saturated heterocycles. The number of aromatic amines is 1. The zero-order chi connectivity index (χ0) is 13.2. The highest BCUT2D eigenvalue weighted by Gasteiger charge is 2.32. The van der Waals surface area contributed by atoms with Crippen LogP contribution >= 0.6 is 0 Å². The minimum atomic E-state index is -0.312. The lowest BCUT2D eigenvalue weighted by molar-refractivity contribution is 0.137. The smallest absolute Gasteiger partial charge is 0.137 e. The quantitative estimate of drug-likeness (QED) is 0.849. The Labute approximate surface area is 111 Å². The Balaban J connectivity index is 1.59. The van der Waals surface area contributed by atoms with Gasteiger partial charge in [0.05, 0.1) is 18.1 Å². The number of nitrogens with one attached hydrogen (secondary N) is 1. The molecule has 19 heavy (non-hydrogen) atoms. The van der Waals surface area contributed by atoms with Crippen molar-refractivity contribution < 1.29 is 9.63 Å². The highest BCUT2D eigenvalue weighted by Crippen LogP contribution is 2.23. The third-order valence-electron chi connectivity index (χ3n) is 3.57.